The first kappa shape index (κ1) is 12.8. The van der Waals surface area contributed by atoms with E-state index in [1.165, 1.54) is 4.90 Å². The number of hydrogen-bond donors (Lipinski definition) is 1. The Morgan fingerprint density at radius 2 is 2.19 bits per heavy atom. The van der Waals surface area contributed by atoms with E-state index in [1.807, 2.05) is 0 Å². The lowest BCUT2D eigenvalue weighted by Crippen LogP contribution is -2.54. The van der Waals surface area contributed by atoms with Crippen molar-refractivity contribution in [3.63, 3.8) is 0 Å². The van der Waals surface area contributed by atoms with E-state index in [1.54, 1.807) is 6.07 Å². The van der Waals surface area contributed by atoms with E-state index < -0.39 is 24.0 Å². The molecule has 1 amide bonds. The molecule has 2 N–H and O–H groups in total. The van der Waals surface area contributed by atoms with Crippen LogP contribution in [0.15, 0.2) is 0 Å². The highest BCUT2D eigenvalue weighted by atomic mass is 19.4. The summed E-state index contributed by atoms with van der Waals surface area (Å²) in [5.41, 5.74) is 5.39. The maximum absolute atomic E-state index is 12.4. The minimum atomic E-state index is -4.32. The van der Waals surface area contributed by atoms with Crippen molar-refractivity contribution in [2.24, 2.45) is 11.7 Å². The van der Waals surface area contributed by atoms with Gasteiger partial charge in [0.2, 0.25) is 5.91 Å². The van der Waals surface area contributed by atoms with E-state index in [0.29, 0.717) is 0 Å². The van der Waals surface area contributed by atoms with Crippen LogP contribution >= 0.6 is 0 Å². The molecule has 0 aromatic heterocycles. The molecule has 4 nitrogen and oxygen atoms in total. The molecule has 1 heterocycles. The topological polar surface area (TPSA) is 70.1 Å². The van der Waals surface area contributed by atoms with E-state index in [9.17, 15) is 18.0 Å². The largest absolute Gasteiger partial charge is 0.393 e. The highest BCUT2D eigenvalue weighted by Gasteiger charge is 2.46. The van der Waals surface area contributed by atoms with Crippen LogP contribution in [0.3, 0.4) is 0 Å². The Bertz CT molecular complexity index is 310. The Labute approximate surface area is 90.8 Å². The van der Waals surface area contributed by atoms with Crippen LogP contribution in [0, 0.1) is 17.2 Å². The van der Waals surface area contributed by atoms with Gasteiger partial charge in [-0.15, -0.1) is 0 Å². The van der Waals surface area contributed by atoms with Gasteiger partial charge in [0, 0.05) is 19.1 Å². The number of nitrogens with zero attached hydrogens (tertiary/aromatic N) is 2. The number of nitriles is 1. The van der Waals surface area contributed by atoms with Crippen molar-refractivity contribution in [2.75, 3.05) is 13.1 Å². The van der Waals surface area contributed by atoms with Crippen LogP contribution in [0.4, 0.5) is 13.2 Å². The first-order valence-electron chi connectivity index (χ1n) is 4.83. The molecule has 0 aliphatic carbocycles. The van der Waals surface area contributed by atoms with Gasteiger partial charge >= 0.3 is 6.18 Å². The second kappa shape index (κ2) is 4.70. The SMILES string of the molecule is N#CCC(=O)N1CCC(C(F)(F)F)C(N)C1. The molecule has 1 saturated heterocycles. The fourth-order valence-electron chi connectivity index (χ4n) is 1.79. The molecule has 0 bridgehead atoms. The highest BCUT2D eigenvalue weighted by Crippen LogP contribution is 2.33. The summed E-state index contributed by atoms with van der Waals surface area (Å²) in [5, 5.41) is 8.31. The van der Waals surface area contributed by atoms with Gasteiger partial charge in [-0.05, 0) is 6.42 Å². The van der Waals surface area contributed by atoms with Crippen molar-refractivity contribution >= 4 is 5.91 Å². The quantitative estimate of drug-likeness (QED) is 0.725. The summed E-state index contributed by atoms with van der Waals surface area (Å²) < 4.78 is 37.3. The number of halogens is 3. The lowest BCUT2D eigenvalue weighted by atomic mass is 9.91. The number of rotatable bonds is 1. The molecule has 1 fully saturated rings. The van der Waals surface area contributed by atoms with Gasteiger partial charge in [0.05, 0.1) is 12.0 Å². The summed E-state index contributed by atoms with van der Waals surface area (Å²) in [6.45, 7) is -0.122. The average molecular weight is 235 g/mol. The van der Waals surface area contributed by atoms with Gasteiger partial charge in [0.25, 0.3) is 0 Å². The first-order valence-corrected chi connectivity index (χ1v) is 4.83. The molecule has 0 aromatic rings. The van der Waals surface area contributed by atoms with Crippen LogP contribution in [-0.4, -0.2) is 36.1 Å². The van der Waals surface area contributed by atoms with Gasteiger partial charge in [0.1, 0.15) is 6.42 Å². The zero-order valence-electron chi connectivity index (χ0n) is 8.50. The third-order valence-electron chi connectivity index (χ3n) is 2.66. The molecule has 2 atom stereocenters. The Balaban J connectivity index is 2.59. The maximum atomic E-state index is 12.4. The number of carbonyl (C=O) groups is 1. The predicted octanol–water partition coefficient (Wildman–Crippen LogP) is 0.638. The van der Waals surface area contributed by atoms with Gasteiger partial charge in [-0.25, -0.2) is 0 Å². The third-order valence-corrected chi connectivity index (χ3v) is 2.66. The molecule has 2 unspecified atom stereocenters. The van der Waals surface area contributed by atoms with Gasteiger partial charge in [-0.1, -0.05) is 0 Å². The zero-order chi connectivity index (χ0) is 12.3. The number of carbonyl (C=O) groups excluding carboxylic acids is 1. The lowest BCUT2D eigenvalue weighted by molar-refractivity contribution is -0.190. The van der Waals surface area contributed by atoms with Crippen molar-refractivity contribution in [3.8, 4) is 6.07 Å². The van der Waals surface area contributed by atoms with Gasteiger partial charge in [0.15, 0.2) is 0 Å². The Kier molecular flexibility index (Phi) is 3.75. The third kappa shape index (κ3) is 2.85. The standard InChI is InChI=1S/C9H12F3N3O/c10-9(11,12)6-2-4-15(5-7(6)14)8(16)1-3-13/h6-7H,1-2,4-5,14H2. The van der Waals surface area contributed by atoms with E-state index in [4.69, 9.17) is 11.0 Å². The van der Waals surface area contributed by atoms with Crippen LogP contribution in [0.1, 0.15) is 12.8 Å². The minimum absolute atomic E-state index is 0.0123. The summed E-state index contributed by atoms with van der Waals surface area (Å²) in [5.74, 6) is -2.02. The van der Waals surface area contributed by atoms with Crippen LogP contribution in [0.25, 0.3) is 0 Å². The van der Waals surface area contributed by atoms with E-state index in [2.05, 4.69) is 0 Å². The smallest absolute Gasteiger partial charge is 0.340 e. The summed E-state index contributed by atoms with van der Waals surface area (Å²) >= 11 is 0. The molecule has 7 heteroatoms. The lowest BCUT2D eigenvalue weighted by Gasteiger charge is -2.37. The number of likely N-dealkylation sites (tertiary alicyclic amines) is 1. The summed E-state index contributed by atoms with van der Waals surface area (Å²) in [6.07, 6.45) is -4.82. The maximum Gasteiger partial charge on any atom is 0.393 e. The molecule has 0 aromatic carbocycles. The van der Waals surface area contributed by atoms with E-state index >= 15 is 0 Å². The van der Waals surface area contributed by atoms with Crippen LogP contribution in [0.2, 0.25) is 0 Å². The van der Waals surface area contributed by atoms with Gasteiger partial charge in [-0.3, -0.25) is 4.79 Å². The van der Waals surface area contributed by atoms with Gasteiger partial charge in [-0.2, -0.15) is 18.4 Å². The minimum Gasteiger partial charge on any atom is -0.340 e. The number of piperidine rings is 1. The van der Waals surface area contributed by atoms with Crippen molar-refractivity contribution in [3.05, 3.63) is 0 Å². The molecule has 0 saturated carbocycles. The Morgan fingerprint density at radius 3 is 2.62 bits per heavy atom. The van der Waals surface area contributed by atoms with Crippen LogP contribution in [-0.2, 0) is 4.79 Å². The number of hydrogen-bond acceptors (Lipinski definition) is 3. The molecule has 1 aliphatic heterocycles. The summed E-state index contributed by atoms with van der Waals surface area (Å²) in [7, 11) is 0. The monoisotopic (exact) mass is 235 g/mol. The summed E-state index contributed by atoms with van der Waals surface area (Å²) in [6, 6.07) is 0.566. The molecular weight excluding hydrogens is 223 g/mol. The second-order valence-corrected chi connectivity index (χ2v) is 3.78. The number of amides is 1. The Morgan fingerprint density at radius 1 is 1.56 bits per heavy atom. The van der Waals surface area contributed by atoms with Crippen molar-refractivity contribution < 1.29 is 18.0 Å². The molecule has 1 aliphatic rings. The molecular formula is C9H12F3N3O. The number of alkyl halides is 3. The van der Waals surface area contributed by atoms with Gasteiger partial charge < -0.3 is 10.6 Å². The van der Waals surface area contributed by atoms with Crippen LogP contribution in [0.5, 0.6) is 0 Å². The zero-order valence-corrected chi connectivity index (χ0v) is 8.50. The molecule has 0 radical (unpaired) electrons. The van der Waals surface area contributed by atoms with Crippen LogP contribution < -0.4 is 5.73 Å². The normalized spacial score (nSPS) is 26.3. The molecule has 0 spiro atoms. The highest BCUT2D eigenvalue weighted by molar-refractivity contribution is 5.78. The average Bonchev–Trinajstić information content (AvgIpc) is 2.16. The fraction of sp³-hybridized carbons (Fsp3) is 0.778. The van der Waals surface area contributed by atoms with Crippen molar-refractivity contribution in [1.29, 1.82) is 5.26 Å². The van der Waals surface area contributed by atoms with E-state index in [-0.39, 0.29) is 25.9 Å². The summed E-state index contributed by atoms with van der Waals surface area (Å²) in [4.78, 5) is 12.5. The van der Waals surface area contributed by atoms with Crippen molar-refractivity contribution in [1.82, 2.24) is 4.90 Å². The fourth-order valence-corrected chi connectivity index (χ4v) is 1.79. The number of nitrogens with two attached hydrogens (primary N) is 1. The first-order chi connectivity index (χ1) is 7.36. The second-order valence-electron chi connectivity index (χ2n) is 3.78. The molecule has 16 heavy (non-hydrogen) atoms. The molecule has 1 rings (SSSR count). The Hall–Kier alpha value is -1.29. The predicted molar refractivity (Wildman–Crippen MR) is 48.9 cm³/mol. The van der Waals surface area contributed by atoms with E-state index in [0.717, 1.165) is 0 Å². The van der Waals surface area contributed by atoms with Crippen molar-refractivity contribution in [2.45, 2.75) is 25.1 Å². The molecule has 90 valence electrons.